The minimum atomic E-state index is -0.632. The number of nitrogens with zero attached hydrogens (tertiary/aromatic N) is 5. The lowest BCUT2D eigenvalue weighted by Crippen LogP contribution is -2.35. The van der Waals surface area contributed by atoms with E-state index in [1.165, 1.54) is 6.33 Å². The van der Waals surface area contributed by atoms with Crippen LogP contribution in [0.25, 0.3) is 15.9 Å². The van der Waals surface area contributed by atoms with Gasteiger partial charge < -0.3 is 4.74 Å². The van der Waals surface area contributed by atoms with Crippen molar-refractivity contribution in [2.75, 3.05) is 13.2 Å². The van der Waals surface area contributed by atoms with Crippen LogP contribution in [0.5, 0.6) is 0 Å². The summed E-state index contributed by atoms with van der Waals surface area (Å²) in [6.45, 7) is 3.15. The molecule has 4 rings (SSSR count). The molecule has 1 aliphatic rings. The number of aromatic nitrogens is 4. The maximum atomic E-state index is 9.77. The zero-order valence-corrected chi connectivity index (χ0v) is 13.5. The van der Waals surface area contributed by atoms with Crippen LogP contribution in [0.3, 0.4) is 0 Å². The highest BCUT2D eigenvalue weighted by Crippen LogP contribution is 2.34. The number of fused-ring (bicyclic) bond motifs is 1. The van der Waals surface area contributed by atoms with Gasteiger partial charge in [-0.15, -0.1) is 11.3 Å². The second-order valence-corrected chi connectivity index (χ2v) is 6.92. The number of benzene rings is 1. The van der Waals surface area contributed by atoms with Crippen LogP contribution >= 0.6 is 11.3 Å². The normalized spacial score (nSPS) is 17.2. The van der Waals surface area contributed by atoms with Gasteiger partial charge in [0.05, 0.1) is 27.0 Å². The van der Waals surface area contributed by atoms with Crippen molar-refractivity contribution >= 4 is 21.6 Å². The molecular weight excluding hydrogens is 310 g/mol. The SMILES string of the molecule is Cc1nc2ccc(-n3ncnc3C3(C#N)CCOCC3)cc2s1. The monoisotopic (exact) mass is 325 g/mol. The Morgan fingerprint density at radius 3 is 2.96 bits per heavy atom. The Morgan fingerprint density at radius 1 is 1.35 bits per heavy atom. The number of hydrogen-bond acceptors (Lipinski definition) is 6. The summed E-state index contributed by atoms with van der Waals surface area (Å²) >= 11 is 1.65. The first-order chi connectivity index (χ1) is 11.2. The van der Waals surface area contributed by atoms with Crippen LogP contribution in [-0.4, -0.2) is 33.0 Å². The zero-order valence-electron chi connectivity index (χ0n) is 12.7. The summed E-state index contributed by atoms with van der Waals surface area (Å²) in [5.41, 5.74) is 1.27. The standard InChI is InChI=1S/C16H15N5OS/c1-11-20-13-3-2-12(8-14(13)23-11)21-15(18-10-19-21)16(9-17)4-6-22-7-5-16/h2-3,8,10H,4-7H2,1H3. The van der Waals surface area contributed by atoms with Gasteiger partial charge >= 0.3 is 0 Å². The lowest BCUT2D eigenvalue weighted by molar-refractivity contribution is 0.0645. The number of ether oxygens (including phenoxy) is 1. The molecule has 1 saturated heterocycles. The second-order valence-electron chi connectivity index (χ2n) is 5.69. The molecule has 116 valence electrons. The van der Waals surface area contributed by atoms with Crippen molar-refractivity contribution in [3.8, 4) is 11.8 Å². The van der Waals surface area contributed by atoms with E-state index in [4.69, 9.17) is 4.74 Å². The first kappa shape index (κ1) is 14.3. The molecule has 3 aromatic rings. The summed E-state index contributed by atoms with van der Waals surface area (Å²) < 4.78 is 8.31. The van der Waals surface area contributed by atoms with Gasteiger partial charge in [0.15, 0.2) is 5.82 Å². The van der Waals surface area contributed by atoms with Crippen molar-refractivity contribution in [3.05, 3.63) is 35.4 Å². The van der Waals surface area contributed by atoms with Crippen LogP contribution < -0.4 is 0 Å². The lowest BCUT2D eigenvalue weighted by atomic mass is 9.81. The Hall–Kier alpha value is -2.30. The summed E-state index contributed by atoms with van der Waals surface area (Å²) in [6.07, 6.45) is 2.81. The second kappa shape index (κ2) is 5.41. The maximum Gasteiger partial charge on any atom is 0.152 e. The maximum absolute atomic E-state index is 9.77. The molecule has 1 aliphatic heterocycles. The van der Waals surface area contributed by atoms with E-state index in [-0.39, 0.29) is 0 Å². The molecule has 6 nitrogen and oxygen atoms in total. The number of nitriles is 1. The highest BCUT2D eigenvalue weighted by atomic mass is 32.1. The van der Waals surface area contributed by atoms with Crippen LogP contribution in [0.4, 0.5) is 0 Å². The van der Waals surface area contributed by atoms with Crippen molar-refractivity contribution in [3.63, 3.8) is 0 Å². The summed E-state index contributed by atoms with van der Waals surface area (Å²) in [5.74, 6) is 0.698. The van der Waals surface area contributed by atoms with Gasteiger partial charge in [0, 0.05) is 13.2 Å². The van der Waals surface area contributed by atoms with Gasteiger partial charge in [-0.3, -0.25) is 0 Å². The van der Waals surface area contributed by atoms with Crippen LogP contribution in [0.1, 0.15) is 23.7 Å². The molecule has 0 unspecified atom stereocenters. The van der Waals surface area contributed by atoms with E-state index in [2.05, 4.69) is 27.2 Å². The summed E-state index contributed by atoms with van der Waals surface area (Å²) in [4.78, 5) is 8.89. The first-order valence-corrected chi connectivity index (χ1v) is 8.31. The third kappa shape index (κ3) is 2.31. The Labute approximate surface area is 137 Å². The largest absolute Gasteiger partial charge is 0.381 e. The molecule has 1 fully saturated rings. The van der Waals surface area contributed by atoms with Crippen LogP contribution in [0.2, 0.25) is 0 Å². The summed E-state index contributed by atoms with van der Waals surface area (Å²) in [7, 11) is 0. The van der Waals surface area contributed by atoms with Crippen LogP contribution in [-0.2, 0) is 10.2 Å². The average Bonchev–Trinajstić information content (AvgIpc) is 3.20. The van der Waals surface area contributed by atoms with Gasteiger partial charge in [0.1, 0.15) is 11.7 Å². The number of thiazole rings is 1. The molecule has 0 N–H and O–H groups in total. The van der Waals surface area contributed by atoms with Crippen molar-refractivity contribution in [2.24, 2.45) is 0 Å². The molecule has 0 atom stereocenters. The average molecular weight is 325 g/mol. The Kier molecular flexibility index (Phi) is 3.36. The van der Waals surface area contributed by atoms with E-state index in [0.717, 1.165) is 20.9 Å². The van der Waals surface area contributed by atoms with Gasteiger partial charge in [0.25, 0.3) is 0 Å². The van der Waals surface area contributed by atoms with Gasteiger partial charge in [-0.1, -0.05) is 0 Å². The van der Waals surface area contributed by atoms with E-state index in [9.17, 15) is 5.26 Å². The molecule has 0 spiro atoms. The molecule has 23 heavy (non-hydrogen) atoms. The molecule has 3 heterocycles. The molecule has 1 aromatic carbocycles. The number of rotatable bonds is 2. The van der Waals surface area contributed by atoms with Crippen molar-refractivity contribution in [1.82, 2.24) is 19.7 Å². The fraction of sp³-hybridized carbons (Fsp3) is 0.375. The van der Waals surface area contributed by atoms with E-state index in [1.54, 1.807) is 16.0 Å². The van der Waals surface area contributed by atoms with Gasteiger partial charge in [0.2, 0.25) is 0 Å². The summed E-state index contributed by atoms with van der Waals surface area (Å²) in [5, 5.41) is 15.2. The topological polar surface area (TPSA) is 76.6 Å². The van der Waals surface area contributed by atoms with E-state index < -0.39 is 5.41 Å². The predicted octanol–water partition coefficient (Wildman–Crippen LogP) is 2.76. The van der Waals surface area contributed by atoms with Crippen molar-refractivity contribution in [1.29, 1.82) is 5.26 Å². The van der Waals surface area contributed by atoms with Gasteiger partial charge in [-0.05, 0) is 38.0 Å². The fourth-order valence-corrected chi connectivity index (χ4v) is 3.88. The highest BCUT2D eigenvalue weighted by molar-refractivity contribution is 7.18. The number of hydrogen-bond donors (Lipinski definition) is 0. The van der Waals surface area contributed by atoms with Crippen LogP contribution in [0.15, 0.2) is 24.5 Å². The molecular formula is C16H15N5OS. The molecule has 0 radical (unpaired) electrons. The lowest BCUT2D eigenvalue weighted by Gasteiger charge is -2.29. The molecule has 0 aliphatic carbocycles. The van der Waals surface area contributed by atoms with Crippen LogP contribution in [0, 0.1) is 18.3 Å². The highest BCUT2D eigenvalue weighted by Gasteiger charge is 2.39. The van der Waals surface area contributed by atoms with Gasteiger partial charge in [-0.25, -0.2) is 14.6 Å². The fourth-order valence-electron chi connectivity index (χ4n) is 3.02. The quantitative estimate of drug-likeness (QED) is 0.724. The van der Waals surface area contributed by atoms with E-state index in [1.807, 2.05) is 19.1 Å². The Morgan fingerprint density at radius 2 is 2.17 bits per heavy atom. The third-order valence-electron chi connectivity index (χ3n) is 4.26. The predicted molar refractivity (Wildman–Crippen MR) is 86.6 cm³/mol. The first-order valence-electron chi connectivity index (χ1n) is 7.49. The van der Waals surface area contributed by atoms with E-state index >= 15 is 0 Å². The number of aryl methyl sites for hydroxylation is 1. The Bertz CT molecular complexity index is 901. The van der Waals surface area contributed by atoms with Gasteiger partial charge in [-0.2, -0.15) is 10.4 Å². The van der Waals surface area contributed by atoms with Crippen molar-refractivity contribution < 1.29 is 4.74 Å². The minimum Gasteiger partial charge on any atom is -0.381 e. The summed E-state index contributed by atoms with van der Waals surface area (Å²) in [6, 6.07) is 8.48. The molecule has 0 bridgehead atoms. The molecule has 2 aromatic heterocycles. The third-order valence-corrected chi connectivity index (χ3v) is 5.19. The molecule has 0 saturated carbocycles. The molecule has 0 amide bonds. The van der Waals surface area contributed by atoms with Crippen molar-refractivity contribution in [2.45, 2.75) is 25.2 Å². The zero-order chi connectivity index (χ0) is 15.9. The minimum absolute atomic E-state index is 0.577. The van der Waals surface area contributed by atoms with E-state index in [0.29, 0.717) is 31.9 Å². The smallest absolute Gasteiger partial charge is 0.152 e. The Balaban J connectivity index is 1.83. The molecule has 7 heteroatoms.